The molecule has 0 aliphatic heterocycles. The smallest absolute Gasteiger partial charge is 0.224 e. The third kappa shape index (κ3) is 3.04. The minimum atomic E-state index is 0.0426. The molecule has 1 fully saturated rings. The molecule has 0 atom stereocenters. The van der Waals surface area contributed by atoms with E-state index in [1.54, 1.807) is 0 Å². The van der Waals surface area contributed by atoms with Crippen LogP contribution in [0.5, 0.6) is 0 Å². The molecule has 2 aromatic carbocycles. The van der Waals surface area contributed by atoms with E-state index in [1.807, 2.05) is 30.3 Å². The predicted molar refractivity (Wildman–Crippen MR) is 94.7 cm³/mol. The van der Waals surface area contributed by atoms with Crippen molar-refractivity contribution >= 4 is 16.9 Å². The summed E-state index contributed by atoms with van der Waals surface area (Å²) in [4.78, 5) is 16.9. The van der Waals surface area contributed by atoms with Crippen LogP contribution in [0.25, 0.3) is 11.0 Å². The first-order chi connectivity index (χ1) is 11.7. The molecule has 24 heavy (non-hydrogen) atoms. The number of nitrogens with one attached hydrogen (secondary N) is 1. The lowest BCUT2D eigenvalue weighted by Gasteiger charge is -2.06. The van der Waals surface area contributed by atoms with Crippen LogP contribution in [0.3, 0.4) is 0 Å². The monoisotopic (exact) mass is 319 g/mol. The van der Waals surface area contributed by atoms with Crippen molar-refractivity contribution in [1.82, 2.24) is 14.9 Å². The van der Waals surface area contributed by atoms with Crippen LogP contribution in [0.2, 0.25) is 0 Å². The number of carbonyl (C=O) groups is 1. The van der Waals surface area contributed by atoms with E-state index in [4.69, 9.17) is 4.98 Å². The lowest BCUT2D eigenvalue weighted by atomic mass is 10.1. The lowest BCUT2D eigenvalue weighted by molar-refractivity contribution is -0.120. The first-order valence-corrected chi connectivity index (χ1v) is 8.46. The second-order valence-electron chi connectivity index (χ2n) is 6.57. The van der Waals surface area contributed by atoms with Gasteiger partial charge in [0, 0.05) is 19.5 Å². The zero-order valence-electron chi connectivity index (χ0n) is 13.8. The molecule has 1 amide bonds. The fourth-order valence-electron chi connectivity index (χ4n) is 3.13. The van der Waals surface area contributed by atoms with Crippen molar-refractivity contribution in [2.24, 2.45) is 7.05 Å². The van der Waals surface area contributed by atoms with E-state index in [1.165, 1.54) is 18.7 Å². The molecule has 122 valence electrons. The van der Waals surface area contributed by atoms with Gasteiger partial charge >= 0.3 is 0 Å². The minimum Gasteiger partial charge on any atom is -0.352 e. The van der Waals surface area contributed by atoms with E-state index in [2.05, 4.69) is 35.1 Å². The molecule has 1 heterocycles. The van der Waals surface area contributed by atoms with E-state index < -0.39 is 0 Å². The normalized spacial score (nSPS) is 14.0. The van der Waals surface area contributed by atoms with Crippen molar-refractivity contribution in [2.75, 3.05) is 0 Å². The number of aromatic nitrogens is 2. The molecular formula is C20H21N3O. The largest absolute Gasteiger partial charge is 0.352 e. The highest BCUT2D eigenvalue weighted by Crippen LogP contribution is 2.40. The number of carbonyl (C=O) groups excluding carboxylic acids is 1. The molecule has 1 aliphatic rings. The molecule has 1 aromatic heterocycles. The maximum atomic E-state index is 12.1. The van der Waals surface area contributed by atoms with E-state index in [-0.39, 0.29) is 5.91 Å². The van der Waals surface area contributed by atoms with E-state index in [0.717, 1.165) is 22.2 Å². The number of hydrogen-bond donors (Lipinski definition) is 1. The summed E-state index contributed by atoms with van der Waals surface area (Å²) in [6, 6.07) is 16.1. The molecule has 0 radical (unpaired) electrons. The molecular weight excluding hydrogens is 298 g/mol. The Bertz CT molecular complexity index is 879. The average molecular weight is 319 g/mol. The maximum Gasteiger partial charge on any atom is 0.224 e. The van der Waals surface area contributed by atoms with Crippen LogP contribution in [0, 0.1) is 0 Å². The topological polar surface area (TPSA) is 46.9 Å². The quantitative estimate of drug-likeness (QED) is 0.784. The van der Waals surface area contributed by atoms with Crippen LogP contribution >= 0.6 is 0 Å². The van der Waals surface area contributed by atoms with Gasteiger partial charge < -0.3 is 9.88 Å². The molecule has 4 heteroatoms. The number of amides is 1. The summed E-state index contributed by atoms with van der Waals surface area (Å²) in [5, 5.41) is 3.00. The van der Waals surface area contributed by atoms with Crippen molar-refractivity contribution in [3.63, 3.8) is 0 Å². The SMILES string of the molecule is Cn1c(C2CC2)nc2cc(CNC(=O)Cc3ccccc3)ccc21. The minimum absolute atomic E-state index is 0.0426. The molecule has 4 nitrogen and oxygen atoms in total. The van der Waals surface area contributed by atoms with Crippen molar-refractivity contribution in [1.29, 1.82) is 0 Å². The Morgan fingerprint density at radius 3 is 2.71 bits per heavy atom. The van der Waals surface area contributed by atoms with Crippen molar-refractivity contribution in [2.45, 2.75) is 31.7 Å². The van der Waals surface area contributed by atoms with Crippen LogP contribution in [-0.2, 0) is 24.8 Å². The molecule has 0 saturated heterocycles. The van der Waals surface area contributed by atoms with Gasteiger partial charge in [0.1, 0.15) is 5.82 Å². The van der Waals surface area contributed by atoms with Crippen molar-refractivity contribution in [3.05, 3.63) is 65.5 Å². The summed E-state index contributed by atoms with van der Waals surface area (Å²) in [7, 11) is 2.09. The predicted octanol–water partition coefficient (Wildman–Crippen LogP) is 3.31. The molecule has 1 aliphatic carbocycles. The molecule has 4 rings (SSSR count). The average Bonchev–Trinajstić information content (AvgIpc) is 3.38. The zero-order valence-corrected chi connectivity index (χ0v) is 13.8. The van der Waals surface area contributed by atoms with Gasteiger partial charge in [-0.05, 0) is 36.1 Å². The summed E-state index contributed by atoms with van der Waals surface area (Å²) in [6.45, 7) is 0.539. The highest BCUT2D eigenvalue weighted by atomic mass is 16.1. The van der Waals surface area contributed by atoms with Gasteiger partial charge in [0.05, 0.1) is 17.5 Å². The first kappa shape index (κ1) is 14.9. The number of fused-ring (bicyclic) bond motifs is 1. The zero-order chi connectivity index (χ0) is 16.5. The van der Waals surface area contributed by atoms with Gasteiger partial charge in [-0.1, -0.05) is 36.4 Å². The fourth-order valence-corrected chi connectivity index (χ4v) is 3.13. The molecule has 0 spiro atoms. The molecule has 1 N–H and O–H groups in total. The number of aryl methyl sites for hydroxylation is 1. The van der Waals surface area contributed by atoms with Crippen LogP contribution in [0.1, 0.15) is 35.7 Å². The van der Waals surface area contributed by atoms with Gasteiger partial charge in [0.2, 0.25) is 5.91 Å². The Balaban J connectivity index is 1.44. The van der Waals surface area contributed by atoms with E-state index >= 15 is 0 Å². The Morgan fingerprint density at radius 1 is 1.17 bits per heavy atom. The van der Waals surface area contributed by atoms with Gasteiger partial charge in [0.25, 0.3) is 0 Å². The molecule has 0 unspecified atom stereocenters. The second kappa shape index (κ2) is 6.11. The highest BCUT2D eigenvalue weighted by molar-refractivity contribution is 5.79. The number of imidazole rings is 1. The van der Waals surface area contributed by atoms with Crippen LogP contribution in [0.4, 0.5) is 0 Å². The van der Waals surface area contributed by atoms with Crippen LogP contribution in [-0.4, -0.2) is 15.5 Å². The summed E-state index contributed by atoms with van der Waals surface area (Å²) in [5.74, 6) is 1.87. The standard InChI is InChI=1S/C20H21N3O/c1-23-18-10-7-15(11-17(18)22-20(23)16-8-9-16)13-21-19(24)12-14-5-3-2-4-6-14/h2-7,10-11,16H,8-9,12-13H2,1H3,(H,21,24). The number of rotatable bonds is 5. The van der Waals surface area contributed by atoms with Crippen molar-refractivity contribution in [3.8, 4) is 0 Å². The van der Waals surface area contributed by atoms with Crippen LogP contribution < -0.4 is 5.32 Å². The summed E-state index contributed by atoms with van der Waals surface area (Å²) in [5.41, 5.74) is 4.30. The Kier molecular flexibility index (Phi) is 3.81. The third-order valence-corrected chi connectivity index (χ3v) is 4.62. The van der Waals surface area contributed by atoms with Crippen molar-refractivity contribution < 1.29 is 4.79 Å². The van der Waals surface area contributed by atoms with Gasteiger partial charge in [-0.3, -0.25) is 4.79 Å². The number of benzene rings is 2. The third-order valence-electron chi connectivity index (χ3n) is 4.62. The number of nitrogens with zero attached hydrogens (tertiary/aromatic N) is 2. The van der Waals surface area contributed by atoms with Gasteiger partial charge in [-0.2, -0.15) is 0 Å². The van der Waals surface area contributed by atoms with E-state index in [9.17, 15) is 4.79 Å². The lowest BCUT2D eigenvalue weighted by Crippen LogP contribution is -2.24. The summed E-state index contributed by atoms with van der Waals surface area (Å²) < 4.78 is 2.20. The number of hydrogen-bond acceptors (Lipinski definition) is 2. The maximum absolute atomic E-state index is 12.1. The van der Waals surface area contributed by atoms with Gasteiger partial charge in [-0.15, -0.1) is 0 Å². The summed E-state index contributed by atoms with van der Waals surface area (Å²) in [6.07, 6.45) is 2.91. The molecule has 3 aromatic rings. The fraction of sp³-hybridized carbons (Fsp3) is 0.300. The van der Waals surface area contributed by atoms with E-state index in [0.29, 0.717) is 18.9 Å². The first-order valence-electron chi connectivity index (χ1n) is 8.46. The summed E-state index contributed by atoms with van der Waals surface area (Å²) >= 11 is 0. The Labute approximate surface area is 141 Å². The Hall–Kier alpha value is -2.62. The van der Waals surface area contributed by atoms with Gasteiger partial charge in [0.15, 0.2) is 0 Å². The highest BCUT2D eigenvalue weighted by Gasteiger charge is 2.28. The Morgan fingerprint density at radius 2 is 1.96 bits per heavy atom. The van der Waals surface area contributed by atoms with Gasteiger partial charge in [-0.25, -0.2) is 4.98 Å². The molecule has 0 bridgehead atoms. The second-order valence-corrected chi connectivity index (χ2v) is 6.57. The van der Waals surface area contributed by atoms with Crippen LogP contribution in [0.15, 0.2) is 48.5 Å². The molecule has 1 saturated carbocycles.